The first kappa shape index (κ1) is 22.9. The Morgan fingerprint density at radius 2 is 1.87 bits per heavy atom. The quantitative estimate of drug-likeness (QED) is 0.561. The van der Waals surface area contributed by atoms with Crippen molar-refractivity contribution in [2.24, 2.45) is 10.1 Å². The highest BCUT2D eigenvalue weighted by atomic mass is 32.2. The van der Waals surface area contributed by atoms with E-state index in [4.69, 9.17) is 11.6 Å². The van der Waals surface area contributed by atoms with E-state index in [2.05, 4.69) is 10.9 Å². The van der Waals surface area contributed by atoms with Gasteiger partial charge in [0, 0.05) is 5.56 Å². The van der Waals surface area contributed by atoms with Gasteiger partial charge >= 0.3 is 0 Å². The number of aromatic nitrogens is 1. The van der Waals surface area contributed by atoms with Crippen LogP contribution >= 0.6 is 11.3 Å². The Morgan fingerprint density at radius 1 is 1.16 bits per heavy atom. The second-order valence-corrected chi connectivity index (χ2v) is 12.0. The van der Waals surface area contributed by atoms with Crippen molar-refractivity contribution in [3.05, 3.63) is 52.8 Å². The Balaban J connectivity index is 2.15. The number of carbonyl (C=O) groups excluding carboxylic acids is 1. The zero-order valence-electron chi connectivity index (χ0n) is 16.6. The molecule has 11 heteroatoms. The largest absolute Gasteiger partial charge is 0.305 e. The fourth-order valence-electron chi connectivity index (χ4n) is 2.79. The molecule has 0 saturated carbocycles. The van der Waals surface area contributed by atoms with Gasteiger partial charge in [0.15, 0.2) is 14.6 Å². The van der Waals surface area contributed by atoms with E-state index in [0.717, 1.165) is 11.3 Å². The Kier molecular flexibility index (Phi) is 6.20. The zero-order valence-corrected chi connectivity index (χ0v) is 19.1. The van der Waals surface area contributed by atoms with Crippen molar-refractivity contribution in [1.82, 2.24) is 4.57 Å². The molecular formula is C20H19N3O5S3. The molecule has 2 aromatic carbocycles. The van der Waals surface area contributed by atoms with E-state index >= 15 is 0 Å². The predicted molar refractivity (Wildman–Crippen MR) is 119 cm³/mol. The van der Waals surface area contributed by atoms with Crippen molar-refractivity contribution >= 4 is 47.3 Å². The molecule has 3 rings (SSSR count). The minimum absolute atomic E-state index is 0.0363. The standard InChI is InChI=1S/C20H19N3O5S3/c1-4-10-23-17-9-8-16(31(21,27)28)12-18(17)29-20(23)22-19(24)14-6-5-7-15(11-14)30(25,26)13(2)3/h1,5-9,11-13H,10H2,2-3H3,(H2,21,27,28). The summed E-state index contributed by atoms with van der Waals surface area (Å²) in [6, 6.07) is 9.96. The van der Waals surface area contributed by atoms with Crippen LogP contribution in [0, 0.1) is 12.3 Å². The van der Waals surface area contributed by atoms with Crippen LogP contribution in [-0.4, -0.2) is 32.6 Å². The predicted octanol–water partition coefficient (Wildman–Crippen LogP) is 1.91. The second kappa shape index (κ2) is 8.39. The first-order valence-electron chi connectivity index (χ1n) is 8.98. The minimum atomic E-state index is -3.90. The minimum Gasteiger partial charge on any atom is -0.305 e. The van der Waals surface area contributed by atoms with Crippen molar-refractivity contribution in [2.45, 2.75) is 35.4 Å². The lowest BCUT2D eigenvalue weighted by atomic mass is 10.2. The number of thiazole rings is 1. The molecule has 162 valence electrons. The van der Waals surface area contributed by atoms with Gasteiger partial charge in [0.25, 0.3) is 5.91 Å². The number of sulfone groups is 1. The monoisotopic (exact) mass is 477 g/mol. The summed E-state index contributed by atoms with van der Waals surface area (Å²) in [6.07, 6.45) is 5.44. The highest BCUT2D eigenvalue weighted by Gasteiger charge is 2.20. The number of nitrogens with two attached hydrogens (primary N) is 1. The average Bonchev–Trinajstić information content (AvgIpc) is 3.04. The lowest BCUT2D eigenvalue weighted by molar-refractivity contribution is 0.0997. The zero-order chi connectivity index (χ0) is 23.0. The Bertz CT molecular complexity index is 1510. The fraction of sp³-hybridized carbons (Fsp3) is 0.200. The first-order valence-corrected chi connectivity index (χ1v) is 12.9. The third-order valence-corrected chi connectivity index (χ3v) is 8.56. The maximum Gasteiger partial charge on any atom is 0.279 e. The molecule has 8 nitrogen and oxygen atoms in total. The summed E-state index contributed by atoms with van der Waals surface area (Å²) in [5.41, 5.74) is 0.703. The van der Waals surface area contributed by atoms with Crippen molar-refractivity contribution in [2.75, 3.05) is 0 Å². The third kappa shape index (κ3) is 4.62. The summed E-state index contributed by atoms with van der Waals surface area (Å²) in [6.45, 7) is 3.22. The van der Waals surface area contributed by atoms with Crippen molar-refractivity contribution in [3.63, 3.8) is 0 Å². The molecule has 1 aromatic heterocycles. The normalized spacial score (nSPS) is 12.9. The molecule has 0 unspecified atom stereocenters. The van der Waals surface area contributed by atoms with E-state index < -0.39 is 31.0 Å². The Hall–Kier alpha value is -2.78. The summed E-state index contributed by atoms with van der Waals surface area (Å²) in [5, 5.41) is 4.55. The van der Waals surface area contributed by atoms with E-state index in [1.54, 1.807) is 24.5 Å². The molecule has 0 saturated heterocycles. The SMILES string of the molecule is C#CCn1c(=NC(=O)c2cccc(S(=O)(=O)C(C)C)c2)sc2cc(S(N)(=O)=O)ccc21. The topological polar surface area (TPSA) is 129 Å². The molecule has 3 aromatic rings. The third-order valence-electron chi connectivity index (χ3n) is 4.46. The molecule has 0 bridgehead atoms. The van der Waals surface area contributed by atoms with Gasteiger partial charge in [-0.3, -0.25) is 4.79 Å². The number of rotatable bonds is 5. The van der Waals surface area contributed by atoms with Gasteiger partial charge in [0.05, 0.1) is 31.8 Å². The number of nitrogens with zero attached hydrogens (tertiary/aromatic N) is 2. The molecular weight excluding hydrogens is 458 g/mol. The van der Waals surface area contributed by atoms with Crippen molar-refractivity contribution in [3.8, 4) is 12.3 Å². The van der Waals surface area contributed by atoms with Gasteiger partial charge in [0.1, 0.15) is 0 Å². The van der Waals surface area contributed by atoms with Crippen LogP contribution in [-0.2, 0) is 26.4 Å². The summed E-state index contributed by atoms with van der Waals surface area (Å²) in [4.78, 5) is 17.1. The van der Waals surface area contributed by atoms with E-state index in [1.807, 2.05) is 0 Å². The van der Waals surface area contributed by atoms with E-state index in [-0.39, 0.29) is 26.7 Å². The molecule has 0 atom stereocenters. The summed E-state index contributed by atoms with van der Waals surface area (Å²) < 4.78 is 50.2. The van der Waals surface area contributed by atoms with Crippen LogP contribution in [0.3, 0.4) is 0 Å². The molecule has 0 aliphatic rings. The number of fused-ring (bicyclic) bond motifs is 1. The molecule has 0 aliphatic carbocycles. The number of carbonyl (C=O) groups is 1. The summed E-state index contributed by atoms with van der Waals surface area (Å²) in [5.74, 6) is 1.83. The number of terminal acetylenes is 1. The highest BCUT2D eigenvalue weighted by Crippen LogP contribution is 2.22. The number of benzene rings is 2. The van der Waals surface area contributed by atoms with Crippen molar-refractivity contribution in [1.29, 1.82) is 0 Å². The van der Waals surface area contributed by atoms with Gasteiger partial charge in [-0.05, 0) is 50.2 Å². The Morgan fingerprint density at radius 3 is 2.48 bits per heavy atom. The van der Waals surface area contributed by atoms with Gasteiger partial charge in [-0.1, -0.05) is 23.3 Å². The van der Waals surface area contributed by atoms with E-state index in [0.29, 0.717) is 10.2 Å². The van der Waals surface area contributed by atoms with Crippen LogP contribution in [0.2, 0.25) is 0 Å². The van der Waals surface area contributed by atoms with Crippen LogP contribution in [0.5, 0.6) is 0 Å². The van der Waals surface area contributed by atoms with Crippen LogP contribution in [0.25, 0.3) is 10.2 Å². The van der Waals surface area contributed by atoms with Gasteiger partial charge in [-0.25, -0.2) is 22.0 Å². The highest BCUT2D eigenvalue weighted by molar-refractivity contribution is 7.92. The Labute approximate surface area is 184 Å². The molecule has 1 heterocycles. The van der Waals surface area contributed by atoms with Gasteiger partial charge in [-0.2, -0.15) is 4.99 Å². The number of hydrogen-bond donors (Lipinski definition) is 1. The summed E-state index contributed by atoms with van der Waals surface area (Å²) in [7, 11) is -7.45. The molecule has 0 spiro atoms. The van der Waals surface area contributed by atoms with Gasteiger partial charge < -0.3 is 4.57 Å². The maximum absolute atomic E-state index is 12.8. The van der Waals surface area contributed by atoms with Crippen LogP contribution in [0.4, 0.5) is 0 Å². The second-order valence-electron chi connectivity index (χ2n) is 6.89. The number of hydrogen-bond acceptors (Lipinski definition) is 6. The summed E-state index contributed by atoms with van der Waals surface area (Å²) >= 11 is 1.07. The molecule has 2 N–H and O–H groups in total. The number of sulfonamides is 1. The number of primary sulfonamides is 1. The van der Waals surface area contributed by atoms with Gasteiger partial charge in [-0.15, -0.1) is 6.42 Å². The molecule has 0 aliphatic heterocycles. The number of amides is 1. The van der Waals surface area contributed by atoms with E-state index in [1.165, 1.54) is 36.4 Å². The lowest BCUT2D eigenvalue weighted by Crippen LogP contribution is -2.17. The van der Waals surface area contributed by atoms with E-state index in [9.17, 15) is 21.6 Å². The lowest BCUT2D eigenvalue weighted by Gasteiger charge is -2.08. The van der Waals surface area contributed by atoms with Crippen LogP contribution in [0.1, 0.15) is 24.2 Å². The first-order chi connectivity index (χ1) is 14.4. The van der Waals surface area contributed by atoms with Crippen molar-refractivity contribution < 1.29 is 21.6 Å². The molecule has 1 amide bonds. The molecule has 0 radical (unpaired) electrons. The smallest absolute Gasteiger partial charge is 0.279 e. The van der Waals surface area contributed by atoms with Crippen LogP contribution < -0.4 is 9.94 Å². The average molecular weight is 478 g/mol. The van der Waals surface area contributed by atoms with Gasteiger partial charge in [0.2, 0.25) is 10.0 Å². The van der Waals surface area contributed by atoms with Crippen LogP contribution in [0.15, 0.2) is 57.2 Å². The molecule has 31 heavy (non-hydrogen) atoms. The maximum atomic E-state index is 12.8. The fourth-order valence-corrected chi connectivity index (χ4v) is 5.57. The molecule has 0 fully saturated rings.